The lowest BCUT2D eigenvalue weighted by Gasteiger charge is -2.33. The van der Waals surface area contributed by atoms with Crippen molar-refractivity contribution >= 4 is 0 Å². The molecule has 9 aromatic rings. The Bertz CT molecular complexity index is 2800. The maximum Gasteiger partial charge on any atom is 0.402 e. The average molecular weight is 805 g/mol. The third-order valence-corrected chi connectivity index (χ3v) is 10.4. The number of ether oxygens (including phenoxy) is 1. The van der Waals surface area contributed by atoms with Gasteiger partial charge in [0.1, 0.15) is 16.9 Å². The SMILES string of the molecule is CC(c1ccc(Oc2ccc(-c3nc(-c4ccccc4)nc(-c4ccccc4)n3)cc2)cc1)(c1cccc(-c2nc(-c3ccccc3)nc(-c3ccccc3)n2)c1)C(F)(F)F. The maximum absolute atomic E-state index is 15.4. The molecule has 0 spiro atoms. The highest BCUT2D eigenvalue weighted by Crippen LogP contribution is 2.47. The maximum atomic E-state index is 15.4. The molecule has 0 saturated carbocycles. The molecule has 9 rings (SSSR count). The summed E-state index contributed by atoms with van der Waals surface area (Å²) < 4.78 is 52.2. The molecule has 296 valence electrons. The van der Waals surface area contributed by atoms with E-state index in [1.165, 1.54) is 31.2 Å². The zero-order valence-electron chi connectivity index (χ0n) is 32.7. The van der Waals surface area contributed by atoms with Crippen LogP contribution in [0.3, 0.4) is 0 Å². The lowest BCUT2D eigenvalue weighted by atomic mass is 9.75. The van der Waals surface area contributed by atoms with Gasteiger partial charge in [0.2, 0.25) is 0 Å². The van der Waals surface area contributed by atoms with Gasteiger partial charge in [-0.1, -0.05) is 152 Å². The lowest BCUT2D eigenvalue weighted by Crippen LogP contribution is -2.40. The summed E-state index contributed by atoms with van der Waals surface area (Å²) in [5.74, 6) is 3.54. The lowest BCUT2D eigenvalue weighted by molar-refractivity contribution is -0.173. The minimum Gasteiger partial charge on any atom is -0.457 e. The second-order valence-electron chi connectivity index (χ2n) is 14.4. The van der Waals surface area contributed by atoms with Crippen molar-refractivity contribution in [3.8, 4) is 79.8 Å². The smallest absolute Gasteiger partial charge is 0.402 e. The summed E-state index contributed by atoms with van der Waals surface area (Å²) in [4.78, 5) is 28.5. The van der Waals surface area contributed by atoms with Crippen molar-refractivity contribution in [2.75, 3.05) is 0 Å². The van der Waals surface area contributed by atoms with Crippen LogP contribution in [0.2, 0.25) is 0 Å². The van der Waals surface area contributed by atoms with Crippen molar-refractivity contribution in [3.05, 3.63) is 205 Å². The van der Waals surface area contributed by atoms with Gasteiger partial charge >= 0.3 is 6.18 Å². The number of alkyl halides is 3. The Labute approximate surface area is 350 Å². The molecule has 0 aliphatic rings. The Morgan fingerprint density at radius 1 is 0.328 bits per heavy atom. The number of hydrogen-bond donors (Lipinski definition) is 0. The van der Waals surface area contributed by atoms with Crippen LogP contribution >= 0.6 is 0 Å². The highest BCUT2D eigenvalue weighted by molar-refractivity contribution is 5.69. The van der Waals surface area contributed by atoms with Crippen molar-refractivity contribution in [3.63, 3.8) is 0 Å². The van der Waals surface area contributed by atoms with Crippen molar-refractivity contribution < 1.29 is 17.9 Å². The Morgan fingerprint density at radius 3 is 1.00 bits per heavy atom. The number of rotatable bonds is 10. The Balaban J connectivity index is 0.996. The van der Waals surface area contributed by atoms with Gasteiger partial charge in [-0.05, 0) is 60.5 Å². The zero-order valence-corrected chi connectivity index (χ0v) is 32.7. The van der Waals surface area contributed by atoms with Crippen LogP contribution in [0.15, 0.2) is 194 Å². The Morgan fingerprint density at radius 2 is 0.639 bits per heavy atom. The van der Waals surface area contributed by atoms with Crippen LogP contribution in [0.25, 0.3) is 68.3 Å². The van der Waals surface area contributed by atoms with Crippen molar-refractivity contribution in [1.82, 2.24) is 29.9 Å². The standard InChI is InChI=1S/C51H35F3N6O/c1-50(51(52,53)54,41-24-14-23-39(33-41)49-59-46(36-19-10-4-11-20-36)56-47(60-49)37-21-12-5-13-22-37)40-27-31-43(32-28-40)61-42-29-25-38(26-30-42)48-57-44(34-15-6-2-7-16-34)55-45(58-48)35-17-8-3-9-18-35/h2-33H,1H3. The van der Waals surface area contributed by atoms with E-state index in [0.717, 1.165) is 27.8 Å². The van der Waals surface area contributed by atoms with Crippen LogP contribution in [0, 0.1) is 0 Å². The molecule has 0 radical (unpaired) electrons. The first-order valence-corrected chi connectivity index (χ1v) is 19.5. The predicted octanol–water partition coefficient (Wildman–Crippen LogP) is 12.7. The summed E-state index contributed by atoms with van der Waals surface area (Å²) >= 11 is 0. The van der Waals surface area contributed by atoms with Crippen LogP contribution in [-0.4, -0.2) is 36.1 Å². The number of halogens is 3. The fraction of sp³-hybridized carbons (Fsp3) is 0.0588. The van der Waals surface area contributed by atoms with Gasteiger partial charge < -0.3 is 4.74 Å². The van der Waals surface area contributed by atoms with Crippen molar-refractivity contribution in [1.29, 1.82) is 0 Å². The molecule has 0 N–H and O–H groups in total. The molecule has 0 aliphatic heterocycles. The topological polar surface area (TPSA) is 86.6 Å². The summed E-state index contributed by atoms with van der Waals surface area (Å²) in [6.07, 6.45) is -4.66. The van der Waals surface area contributed by atoms with E-state index in [1.807, 2.05) is 133 Å². The van der Waals surface area contributed by atoms with E-state index in [4.69, 9.17) is 34.6 Å². The first kappa shape index (κ1) is 38.7. The van der Waals surface area contributed by atoms with E-state index in [1.54, 1.807) is 36.4 Å². The van der Waals surface area contributed by atoms with E-state index in [-0.39, 0.29) is 17.0 Å². The second kappa shape index (κ2) is 16.4. The van der Waals surface area contributed by atoms with Crippen LogP contribution in [0.4, 0.5) is 13.2 Å². The monoisotopic (exact) mass is 804 g/mol. The van der Waals surface area contributed by atoms with E-state index >= 15 is 13.2 Å². The van der Waals surface area contributed by atoms with Crippen LogP contribution < -0.4 is 4.74 Å². The summed E-state index contributed by atoms with van der Waals surface area (Å²) in [5.41, 5.74) is 2.11. The molecule has 0 fully saturated rings. The van der Waals surface area contributed by atoms with Gasteiger partial charge in [-0.2, -0.15) is 13.2 Å². The molecular formula is C51H35F3N6O. The predicted molar refractivity (Wildman–Crippen MR) is 231 cm³/mol. The molecule has 1 unspecified atom stereocenters. The zero-order chi connectivity index (χ0) is 41.8. The quantitative estimate of drug-likeness (QED) is 0.136. The van der Waals surface area contributed by atoms with Gasteiger partial charge in [0.05, 0.1) is 0 Å². The molecule has 0 saturated heterocycles. The number of hydrogen-bond acceptors (Lipinski definition) is 7. The molecule has 7 aromatic carbocycles. The molecule has 0 bridgehead atoms. The minimum absolute atomic E-state index is 0.0360. The number of nitrogens with zero attached hydrogens (tertiary/aromatic N) is 6. The molecular weight excluding hydrogens is 770 g/mol. The van der Waals surface area contributed by atoms with E-state index in [9.17, 15) is 0 Å². The van der Waals surface area contributed by atoms with Gasteiger partial charge in [-0.25, -0.2) is 29.9 Å². The molecule has 1 atom stereocenters. The Hall–Kier alpha value is -7.85. The van der Waals surface area contributed by atoms with Gasteiger partial charge in [-0.15, -0.1) is 0 Å². The first-order valence-electron chi connectivity index (χ1n) is 19.5. The van der Waals surface area contributed by atoms with Gasteiger partial charge in [0.25, 0.3) is 0 Å². The van der Waals surface area contributed by atoms with E-state index in [2.05, 4.69) is 0 Å². The summed E-state index contributed by atoms with van der Waals surface area (Å²) in [6.45, 7) is 1.19. The fourth-order valence-electron chi connectivity index (χ4n) is 7.00. The van der Waals surface area contributed by atoms with Crippen molar-refractivity contribution in [2.45, 2.75) is 18.5 Å². The minimum atomic E-state index is -4.66. The molecule has 2 heterocycles. The second-order valence-corrected chi connectivity index (χ2v) is 14.4. The molecule has 0 aliphatic carbocycles. The van der Waals surface area contributed by atoms with Gasteiger partial charge in [0, 0.05) is 33.4 Å². The van der Waals surface area contributed by atoms with Crippen molar-refractivity contribution in [2.24, 2.45) is 0 Å². The molecule has 7 nitrogen and oxygen atoms in total. The van der Waals surface area contributed by atoms with Crippen LogP contribution in [-0.2, 0) is 5.41 Å². The third kappa shape index (κ3) is 8.11. The largest absolute Gasteiger partial charge is 0.457 e. The van der Waals surface area contributed by atoms with Gasteiger partial charge in [0.15, 0.2) is 34.9 Å². The number of benzene rings is 7. The molecule has 61 heavy (non-hydrogen) atoms. The highest BCUT2D eigenvalue weighted by Gasteiger charge is 2.53. The van der Waals surface area contributed by atoms with Crippen LogP contribution in [0.1, 0.15) is 18.1 Å². The van der Waals surface area contributed by atoms with E-state index < -0.39 is 11.6 Å². The molecule has 10 heteroatoms. The molecule has 2 aromatic heterocycles. The molecule has 0 amide bonds. The summed E-state index contributed by atoms with van der Waals surface area (Å²) in [6, 6.07) is 57.8. The van der Waals surface area contributed by atoms with Crippen LogP contribution in [0.5, 0.6) is 11.5 Å². The number of aromatic nitrogens is 6. The third-order valence-electron chi connectivity index (χ3n) is 10.4. The first-order chi connectivity index (χ1) is 29.7. The Kier molecular flexibility index (Phi) is 10.4. The summed E-state index contributed by atoms with van der Waals surface area (Å²) in [7, 11) is 0. The normalized spacial score (nSPS) is 12.4. The van der Waals surface area contributed by atoms with E-state index in [0.29, 0.717) is 46.2 Å². The highest BCUT2D eigenvalue weighted by atomic mass is 19.4. The fourth-order valence-corrected chi connectivity index (χ4v) is 7.00. The average Bonchev–Trinajstić information content (AvgIpc) is 3.32. The summed E-state index contributed by atoms with van der Waals surface area (Å²) in [5, 5.41) is 0. The van der Waals surface area contributed by atoms with Gasteiger partial charge in [-0.3, -0.25) is 0 Å².